The third kappa shape index (κ3) is 4.12. The number of fused-ring (bicyclic) bond motifs is 1. The van der Waals surface area contributed by atoms with Crippen LogP contribution in [0.25, 0.3) is 5.65 Å². The molecule has 0 unspecified atom stereocenters. The summed E-state index contributed by atoms with van der Waals surface area (Å²) in [7, 11) is -3.89. The molecule has 2 aromatic carbocycles. The maximum Gasteiger partial charge on any atom is 0.261 e. The van der Waals surface area contributed by atoms with Crippen LogP contribution in [0.1, 0.15) is 16.2 Å². The molecule has 2 heterocycles. The summed E-state index contributed by atoms with van der Waals surface area (Å²) in [5.41, 5.74) is 1.01. The van der Waals surface area contributed by atoms with Crippen molar-refractivity contribution in [1.29, 1.82) is 0 Å². The Morgan fingerprint density at radius 3 is 2.50 bits per heavy atom. The van der Waals surface area contributed by atoms with Gasteiger partial charge in [-0.25, -0.2) is 8.42 Å². The molecule has 0 saturated heterocycles. The second-order valence-electron chi connectivity index (χ2n) is 6.33. The summed E-state index contributed by atoms with van der Waals surface area (Å²) in [6, 6.07) is 17.6. The fourth-order valence-corrected chi connectivity index (χ4v) is 4.06. The Kier molecular flexibility index (Phi) is 5.39. The fraction of sp³-hybridized carbons (Fsp3) is 0.0500. The molecule has 8 nitrogen and oxygen atoms in total. The molecular formula is C20H16ClN5O3S. The minimum atomic E-state index is -3.89. The van der Waals surface area contributed by atoms with Crippen molar-refractivity contribution in [1.82, 2.24) is 19.9 Å². The number of benzene rings is 2. The maximum absolute atomic E-state index is 12.7. The van der Waals surface area contributed by atoms with Crippen molar-refractivity contribution in [3.63, 3.8) is 0 Å². The number of aromatic nitrogens is 3. The Morgan fingerprint density at radius 2 is 1.70 bits per heavy atom. The van der Waals surface area contributed by atoms with E-state index in [-0.39, 0.29) is 22.7 Å². The van der Waals surface area contributed by atoms with E-state index in [0.717, 1.165) is 0 Å². The number of rotatable bonds is 6. The van der Waals surface area contributed by atoms with Crippen LogP contribution in [0.3, 0.4) is 0 Å². The highest BCUT2D eigenvalue weighted by atomic mass is 35.5. The number of hydrogen-bond donors (Lipinski definition) is 2. The predicted octanol–water partition coefficient (Wildman–Crippen LogP) is 3.11. The number of anilines is 1. The van der Waals surface area contributed by atoms with Crippen molar-refractivity contribution in [2.24, 2.45) is 0 Å². The van der Waals surface area contributed by atoms with E-state index < -0.39 is 15.9 Å². The van der Waals surface area contributed by atoms with E-state index in [0.29, 0.717) is 16.5 Å². The van der Waals surface area contributed by atoms with E-state index >= 15 is 0 Å². The number of para-hydroxylation sites is 1. The molecule has 0 radical (unpaired) electrons. The largest absolute Gasteiger partial charge is 0.345 e. The Balaban J connectivity index is 1.54. The fourth-order valence-electron chi connectivity index (χ4n) is 2.85. The summed E-state index contributed by atoms with van der Waals surface area (Å²) >= 11 is 5.82. The van der Waals surface area contributed by atoms with Crippen LogP contribution >= 0.6 is 11.6 Å². The molecule has 0 atom stereocenters. The lowest BCUT2D eigenvalue weighted by Crippen LogP contribution is -2.25. The van der Waals surface area contributed by atoms with Crippen molar-refractivity contribution in [3.8, 4) is 0 Å². The molecule has 4 rings (SSSR count). The minimum absolute atomic E-state index is 0.0389. The van der Waals surface area contributed by atoms with E-state index in [1.54, 1.807) is 28.8 Å². The average Bonchev–Trinajstić information content (AvgIpc) is 3.15. The van der Waals surface area contributed by atoms with Crippen molar-refractivity contribution in [3.05, 3.63) is 89.3 Å². The number of amides is 1. The van der Waals surface area contributed by atoms with Gasteiger partial charge in [0.25, 0.3) is 15.9 Å². The zero-order valence-electron chi connectivity index (χ0n) is 15.5. The lowest BCUT2D eigenvalue weighted by atomic mass is 10.1. The van der Waals surface area contributed by atoms with Crippen LogP contribution in [-0.2, 0) is 16.6 Å². The Hall–Kier alpha value is -3.43. The Morgan fingerprint density at radius 1 is 0.967 bits per heavy atom. The first kappa shape index (κ1) is 19.9. The minimum Gasteiger partial charge on any atom is -0.345 e. The van der Waals surface area contributed by atoms with E-state index in [9.17, 15) is 13.2 Å². The van der Waals surface area contributed by atoms with Gasteiger partial charge in [-0.1, -0.05) is 29.8 Å². The molecule has 1 amide bonds. The smallest absolute Gasteiger partial charge is 0.261 e. The Labute approximate surface area is 177 Å². The third-order valence-electron chi connectivity index (χ3n) is 4.33. The van der Waals surface area contributed by atoms with Gasteiger partial charge in [0.2, 0.25) is 0 Å². The lowest BCUT2D eigenvalue weighted by Gasteiger charge is -2.12. The summed E-state index contributed by atoms with van der Waals surface area (Å²) < 4.78 is 29.6. The van der Waals surface area contributed by atoms with Crippen LogP contribution in [-0.4, -0.2) is 28.9 Å². The normalized spacial score (nSPS) is 11.4. The van der Waals surface area contributed by atoms with E-state index in [2.05, 4.69) is 20.2 Å². The van der Waals surface area contributed by atoms with Crippen molar-refractivity contribution in [2.45, 2.75) is 11.4 Å². The molecule has 0 bridgehead atoms. The molecule has 0 aliphatic carbocycles. The molecule has 152 valence electrons. The van der Waals surface area contributed by atoms with Crippen LogP contribution < -0.4 is 10.0 Å². The number of pyridine rings is 1. The van der Waals surface area contributed by atoms with Crippen LogP contribution in [0.15, 0.2) is 77.8 Å². The molecule has 10 heteroatoms. The highest BCUT2D eigenvalue weighted by Gasteiger charge is 2.19. The molecule has 2 N–H and O–H groups in total. The van der Waals surface area contributed by atoms with Crippen LogP contribution in [0, 0.1) is 0 Å². The summed E-state index contributed by atoms with van der Waals surface area (Å²) in [6.07, 6.45) is 1.80. The summed E-state index contributed by atoms with van der Waals surface area (Å²) in [6.45, 7) is 0.127. The van der Waals surface area contributed by atoms with Gasteiger partial charge >= 0.3 is 0 Å². The van der Waals surface area contributed by atoms with E-state index in [4.69, 9.17) is 11.6 Å². The molecule has 0 saturated carbocycles. The number of halogens is 1. The van der Waals surface area contributed by atoms with Gasteiger partial charge in [-0.2, -0.15) is 0 Å². The van der Waals surface area contributed by atoms with Gasteiger partial charge in [-0.15, -0.1) is 10.2 Å². The van der Waals surface area contributed by atoms with Crippen LogP contribution in [0.2, 0.25) is 5.02 Å². The quantitative estimate of drug-likeness (QED) is 0.478. The first-order valence-corrected chi connectivity index (χ1v) is 10.7. The van der Waals surface area contributed by atoms with Gasteiger partial charge in [0.15, 0.2) is 11.5 Å². The Bertz CT molecular complexity index is 1320. The van der Waals surface area contributed by atoms with Gasteiger partial charge < -0.3 is 5.32 Å². The summed E-state index contributed by atoms with van der Waals surface area (Å²) in [4.78, 5) is 12.8. The second-order valence-corrected chi connectivity index (χ2v) is 8.45. The standard InChI is InChI=1S/C20H16ClN5O3S/c21-14-8-10-15(11-9-14)30(28,29)25-17-6-2-1-5-16(17)20(27)22-13-19-24-23-18-7-3-4-12-26(18)19/h1-12,25H,13H2,(H,22,27). The number of carbonyl (C=O) groups excluding carboxylic acids is 1. The number of nitrogens with one attached hydrogen (secondary N) is 2. The second kappa shape index (κ2) is 8.13. The average molecular weight is 442 g/mol. The van der Waals surface area contributed by atoms with Gasteiger partial charge in [-0.3, -0.25) is 13.9 Å². The zero-order valence-corrected chi connectivity index (χ0v) is 17.1. The van der Waals surface area contributed by atoms with Crippen LogP contribution in [0.5, 0.6) is 0 Å². The molecule has 30 heavy (non-hydrogen) atoms. The molecule has 0 fully saturated rings. The third-order valence-corrected chi connectivity index (χ3v) is 5.96. The molecule has 2 aromatic heterocycles. The van der Waals surface area contributed by atoms with Crippen LogP contribution in [0.4, 0.5) is 5.69 Å². The zero-order chi connectivity index (χ0) is 21.1. The topological polar surface area (TPSA) is 105 Å². The van der Waals surface area contributed by atoms with E-state index in [1.807, 2.05) is 12.1 Å². The molecule has 0 aliphatic heterocycles. The maximum atomic E-state index is 12.7. The molecule has 4 aromatic rings. The molecule has 0 aliphatic rings. The van der Waals surface area contributed by atoms with Gasteiger partial charge in [-0.05, 0) is 48.5 Å². The molecule has 0 spiro atoms. The van der Waals surface area contributed by atoms with Gasteiger partial charge in [0.05, 0.1) is 22.7 Å². The van der Waals surface area contributed by atoms with Crippen molar-refractivity contribution >= 4 is 38.9 Å². The van der Waals surface area contributed by atoms with Crippen molar-refractivity contribution in [2.75, 3.05) is 4.72 Å². The highest BCUT2D eigenvalue weighted by molar-refractivity contribution is 7.92. The molecular weight excluding hydrogens is 426 g/mol. The number of sulfonamides is 1. The number of carbonyl (C=O) groups is 1. The van der Waals surface area contributed by atoms with E-state index in [1.165, 1.54) is 36.4 Å². The van der Waals surface area contributed by atoms with Gasteiger partial charge in [0.1, 0.15) is 0 Å². The summed E-state index contributed by atoms with van der Waals surface area (Å²) in [5.74, 6) is 0.107. The van der Waals surface area contributed by atoms with Crippen molar-refractivity contribution < 1.29 is 13.2 Å². The monoisotopic (exact) mass is 441 g/mol. The SMILES string of the molecule is O=C(NCc1nnc2ccccn12)c1ccccc1NS(=O)(=O)c1ccc(Cl)cc1. The lowest BCUT2D eigenvalue weighted by molar-refractivity contribution is 0.0950. The number of hydrogen-bond acceptors (Lipinski definition) is 5. The first-order valence-electron chi connectivity index (χ1n) is 8.88. The summed E-state index contributed by atoms with van der Waals surface area (Å²) in [5, 5.41) is 11.3. The van der Waals surface area contributed by atoms with Gasteiger partial charge in [0, 0.05) is 11.2 Å². The highest BCUT2D eigenvalue weighted by Crippen LogP contribution is 2.21. The number of nitrogens with zero attached hydrogens (tertiary/aromatic N) is 3. The predicted molar refractivity (Wildman–Crippen MR) is 113 cm³/mol. The first-order chi connectivity index (χ1) is 14.4.